The van der Waals surface area contributed by atoms with Crippen molar-refractivity contribution in [2.24, 2.45) is 5.92 Å². The number of carbonyl (C=O) groups excluding carboxylic acids is 2. The number of nitrogens with zero attached hydrogens (tertiary/aromatic N) is 4. The molecule has 2 aromatic carbocycles. The largest absolute Gasteiger partial charge is 0.381 e. The van der Waals surface area contributed by atoms with Crippen LogP contribution in [0.1, 0.15) is 81.4 Å². The first-order chi connectivity index (χ1) is 23.0. The second-order valence-corrected chi connectivity index (χ2v) is 14.7. The zero-order chi connectivity index (χ0) is 33.9. The first-order valence-electron chi connectivity index (χ1n) is 17.3. The smallest absolute Gasteiger partial charge is 0.251 e. The molecule has 10 heteroatoms. The fourth-order valence-corrected chi connectivity index (χ4v) is 7.57. The molecule has 3 aliphatic rings. The van der Waals surface area contributed by atoms with E-state index in [9.17, 15) is 9.59 Å². The van der Waals surface area contributed by atoms with Gasteiger partial charge in [0, 0.05) is 60.3 Å². The van der Waals surface area contributed by atoms with Gasteiger partial charge in [-0.15, -0.1) is 0 Å². The maximum atomic E-state index is 14.0. The average Bonchev–Trinajstić information content (AvgIpc) is 3.57. The number of imidazole rings is 1. The Labute approximate surface area is 282 Å². The van der Waals surface area contributed by atoms with Crippen molar-refractivity contribution >= 4 is 40.0 Å². The molecule has 0 bridgehead atoms. The van der Waals surface area contributed by atoms with Gasteiger partial charge >= 0.3 is 0 Å². The molecule has 2 aliphatic heterocycles. The molecule has 1 aliphatic carbocycles. The van der Waals surface area contributed by atoms with E-state index in [1.165, 1.54) is 0 Å². The molecule has 4 heterocycles. The molecule has 2 amide bonds. The van der Waals surface area contributed by atoms with Crippen LogP contribution in [-0.2, 0) is 14.9 Å². The number of anilines is 3. The van der Waals surface area contributed by atoms with Crippen LogP contribution in [0, 0.1) is 12.8 Å². The zero-order valence-electron chi connectivity index (χ0n) is 29.1. The highest BCUT2D eigenvalue weighted by molar-refractivity contribution is 6.09. The van der Waals surface area contributed by atoms with Crippen molar-refractivity contribution in [3.05, 3.63) is 65.5 Å². The van der Waals surface area contributed by atoms with Gasteiger partial charge in [0.15, 0.2) is 5.82 Å². The number of nitrogens with one attached hydrogen (secondary N) is 3. The third kappa shape index (κ3) is 5.54. The summed E-state index contributed by atoms with van der Waals surface area (Å²) in [6.07, 6.45) is 4.77. The third-order valence-corrected chi connectivity index (χ3v) is 10.6. The number of hydrogen-bond donors (Lipinski definition) is 3. The molecule has 2 fully saturated rings. The monoisotopic (exact) mass is 649 g/mol. The van der Waals surface area contributed by atoms with Crippen LogP contribution in [0.15, 0.2) is 48.8 Å². The third-order valence-electron chi connectivity index (χ3n) is 10.6. The maximum Gasteiger partial charge on any atom is 0.251 e. The molecule has 1 saturated carbocycles. The lowest BCUT2D eigenvalue weighted by Crippen LogP contribution is -2.58. The van der Waals surface area contributed by atoms with E-state index >= 15 is 0 Å². The fraction of sp³-hybridized carbons (Fsp3) is 0.474. The van der Waals surface area contributed by atoms with Crippen molar-refractivity contribution in [2.45, 2.75) is 90.4 Å². The molecular weight excluding hydrogens is 602 g/mol. The molecule has 2 atom stereocenters. The minimum absolute atomic E-state index is 0.137. The Morgan fingerprint density at radius 2 is 1.90 bits per heavy atom. The minimum Gasteiger partial charge on any atom is -0.381 e. The van der Waals surface area contributed by atoms with Crippen molar-refractivity contribution in [1.82, 2.24) is 25.2 Å². The van der Waals surface area contributed by atoms with Gasteiger partial charge in [0.2, 0.25) is 5.91 Å². The van der Waals surface area contributed by atoms with Crippen molar-refractivity contribution in [3.63, 3.8) is 0 Å². The quantitative estimate of drug-likeness (QED) is 0.207. The van der Waals surface area contributed by atoms with E-state index in [0.29, 0.717) is 29.4 Å². The Kier molecular flexibility index (Phi) is 8.28. The Morgan fingerprint density at radius 3 is 2.62 bits per heavy atom. The average molecular weight is 650 g/mol. The molecule has 10 nitrogen and oxygen atoms in total. The van der Waals surface area contributed by atoms with E-state index in [0.717, 1.165) is 77.3 Å². The van der Waals surface area contributed by atoms with Gasteiger partial charge in [0.25, 0.3) is 5.91 Å². The number of aromatic nitrogens is 3. The summed E-state index contributed by atoms with van der Waals surface area (Å²) in [7, 11) is 1.64. The molecule has 4 aromatic rings. The van der Waals surface area contributed by atoms with Crippen molar-refractivity contribution in [3.8, 4) is 11.3 Å². The van der Waals surface area contributed by atoms with Crippen LogP contribution in [-0.4, -0.2) is 64.7 Å². The van der Waals surface area contributed by atoms with Crippen LogP contribution in [0.2, 0.25) is 0 Å². The topological polar surface area (TPSA) is 113 Å². The van der Waals surface area contributed by atoms with E-state index < -0.39 is 5.41 Å². The minimum atomic E-state index is -0.602. The molecule has 252 valence electrons. The van der Waals surface area contributed by atoms with E-state index in [-0.39, 0.29) is 23.9 Å². The number of fused-ring (bicyclic) bond motifs is 2. The van der Waals surface area contributed by atoms with Gasteiger partial charge in [-0.3, -0.25) is 9.59 Å². The number of amides is 2. The highest BCUT2D eigenvalue weighted by Gasteiger charge is 2.49. The van der Waals surface area contributed by atoms with Crippen LogP contribution in [0.3, 0.4) is 0 Å². The van der Waals surface area contributed by atoms with Crippen LogP contribution in [0.25, 0.3) is 22.3 Å². The first-order valence-corrected chi connectivity index (χ1v) is 17.3. The SMILES string of the molecule is CNC(=O)c1cc(Nc2nc(-c3ccc4c(c3)N(C3CC(N[C@@H]5CCOC[C@H]5C)C3)C(=O)C4(C)C)cc3ncn(C(C)C)c23)ccc1C. The van der Waals surface area contributed by atoms with Crippen LogP contribution >= 0.6 is 0 Å². The number of carbonyl (C=O) groups is 2. The second kappa shape index (κ2) is 12.3. The van der Waals surface area contributed by atoms with Gasteiger partial charge in [0.05, 0.1) is 29.6 Å². The molecule has 0 radical (unpaired) electrons. The predicted molar refractivity (Wildman–Crippen MR) is 190 cm³/mol. The van der Waals surface area contributed by atoms with Gasteiger partial charge < -0.3 is 30.2 Å². The summed E-state index contributed by atoms with van der Waals surface area (Å²) in [5.74, 6) is 1.17. The van der Waals surface area contributed by atoms with E-state index in [2.05, 4.69) is 64.4 Å². The number of rotatable bonds is 8. The number of benzene rings is 2. The summed E-state index contributed by atoms with van der Waals surface area (Å²) in [4.78, 5) is 38.5. The van der Waals surface area contributed by atoms with E-state index in [4.69, 9.17) is 14.7 Å². The standard InChI is InChI=1S/C38H47N7O3/c1-21(2)44-20-40-32-18-31(43-35(34(32)44)42-25-10-8-22(3)28(17-25)36(46)39-7)24-9-11-29-33(14-24)45(37(47)38(29,5)6)27-15-26(16-27)41-30-12-13-48-19-23(30)4/h8-11,14,17-18,20-21,23,26-27,30,41H,12-13,15-16,19H2,1-7H3,(H,39,46)(H,42,43)/t23-,26?,27?,30-/m1/s1. The summed E-state index contributed by atoms with van der Waals surface area (Å²) >= 11 is 0. The summed E-state index contributed by atoms with van der Waals surface area (Å²) in [6, 6.07) is 15.3. The number of pyridine rings is 1. The summed E-state index contributed by atoms with van der Waals surface area (Å²) in [6.45, 7) is 14.1. The number of hydrogen-bond acceptors (Lipinski definition) is 7. The lowest BCUT2D eigenvalue weighted by atomic mass is 9.83. The van der Waals surface area contributed by atoms with Crippen molar-refractivity contribution in [2.75, 3.05) is 30.5 Å². The molecule has 2 aromatic heterocycles. The van der Waals surface area contributed by atoms with Gasteiger partial charge in [-0.05, 0) is 95.2 Å². The Hall–Kier alpha value is -4.28. The lowest BCUT2D eigenvalue weighted by Gasteiger charge is -2.45. The highest BCUT2D eigenvalue weighted by atomic mass is 16.5. The molecule has 1 saturated heterocycles. The molecule has 7 rings (SSSR count). The van der Waals surface area contributed by atoms with Crippen molar-refractivity contribution < 1.29 is 14.3 Å². The van der Waals surface area contributed by atoms with Gasteiger partial charge in [-0.1, -0.05) is 25.1 Å². The molecule has 48 heavy (non-hydrogen) atoms. The molecule has 0 unspecified atom stereocenters. The first kappa shape index (κ1) is 32.3. The Morgan fingerprint density at radius 1 is 1.10 bits per heavy atom. The van der Waals surface area contributed by atoms with E-state index in [1.807, 2.05) is 51.4 Å². The van der Waals surface area contributed by atoms with Gasteiger partial charge in [-0.2, -0.15) is 0 Å². The highest BCUT2D eigenvalue weighted by Crippen LogP contribution is 2.47. The predicted octanol–water partition coefficient (Wildman–Crippen LogP) is 6.26. The zero-order valence-corrected chi connectivity index (χ0v) is 29.1. The second-order valence-electron chi connectivity index (χ2n) is 14.7. The molecule has 3 N–H and O–H groups in total. The summed E-state index contributed by atoms with van der Waals surface area (Å²) in [5, 5.41) is 10.1. The van der Waals surface area contributed by atoms with Gasteiger partial charge in [-0.25, -0.2) is 9.97 Å². The van der Waals surface area contributed by atoms with Crippen LogP contribution < -0.4 is 20.9 Å². The molecule has 0 spiro atoms. The number of ether oxygens (including phenoxy) is 1. The summed E-state index contributed by atoms with van der Waals surface area (Å²) < 4.78 is 7.75. The van der Waals surface area contributed by atoms with Gasteiger partial charge in [0.1, 0.15) is 5.52 Å². The Balaban J connectivity index is 1.23. The maximum absolute atomic E-state index is 14.0. The fourth-order valence-electron chi connectivity index (χ4n) is 7.57. The Bertz CT molecular complexity index is 1890. The van der Waals surface area contributed by atoms with Crippen LogP contribution in [0.4, 0.5) is 17.2 Å². The lowest BCUT2D eigenvalue weighted by molar-refractivity contribution is -0.123. The summed E-state index contributed by atoms with van der Waals surface area (Å²) in [5.41, 5.74) is 7.08. The number of aryl methyl sites for hydroxylation is 1. The van der Waals surface area contributed by atoms with Crippen LogP contribution in [0.5, 0.6) is 0 Å². The normalized spacial score (nSPS) is 23.3. The van der Waals surface area contributed by atoms with Crippen molar-refractivity contribution in [1.29, 1.82) is 0 Å². The van der Waals surface area contributed by atoms with E-state index in [1.54, 1.807) is 7.05 Å². The molecular formula is C38H47N7O3.